The molecule has 1 heterocycles. The topological polar surface area (TPSA) is 46.9 Å². The van der Waals surface area contributed by atoms with E-state index in [0.717, 1.165) is 0 Å². The molecule has 2 N–H and O–H groups in total. The maximum Gasteiger partial charge on any atom is 0.0558 e. The Morgan fingerprint density at radius 3 is 2.17 bits per heavy atom. The molecule has 0 unspecified atom stereocenters. The molecule has 12 heavy (non-hydrogen) atoms. The van der Waals surface area contributed by atoms with Gasteiger partial charge in [0.25, 0.3) is 0 Å². The fourth-order valence-electron chi connectivity index (χ4n) is 1.62. The third-order valence-electron chi connectivity index (χ3n) is 2.72. The molecule has 0 radical (unpaired) electrons. The Kier molecular flexibility index (Phi) is 2.45. The first kappa shape index (κ1) is 9.92. The molecule has 0 spiro atoms. The number of hydrogen-bond acceptors (Lipinski definition) is 4. The highest BCUT2D eigenvalue weighted by Crippen LogP contribution is 2.25. The van der Waals surface area contributed by atoms with Gasteiger partial charge < -0.3 is 10.4 Å². The highest BCUT2D eigenvalue weighted by molar-refractivity contribution is 4.91. The standard InChI is InChI=1S/C8H18N2O2/c1-6-7(2)10(12)8(3,4)5-9(6)11/h6-7,11-12H,5H2,1-4H3/t6-,7+/m0/s1. The Morgan fingerprint density at radius 2 is 1.67 bits per heavy atom. The number of piperazine rings is 1. The minimum atomic E-state index is -0.374. The van der Waals surface area contributed by atoms with Gasteiger partial charge in [0.05, 0.1) is 11.6 Å². The fourth-order valence-corrected chi connectivity index (χ4v) is 1.62. The quantitative estimate of drug-likeness (QED) is 0.573. The van der Waals surface area contributed by atoms with Crippen LogP contribution in [0.5, 0.6) is 0 Å². The van der Waals surface area contributed by atoms with Crippen LogP contribution in [0.3, 0.4) is 0 Å². The number of rotatable bonds is 0. The predicted molar refractivity (Wildman–Crippen MR) is 45.1 cm³/mol. The van der Waals surface area contributed by atoms with Crippen molar-refractivity contribution in [1.29, 1.82) is 0 Å². The molecule has 0 amide bonds. The van der Waals surface area contributed by atoms with Crippen molar-refractivity contribution >= 4 is 0 Å². The monoisotopic (exact) mass is 174 g/mol. The zero-order valence-corrected chi connectivity index (χ0v) is 8.15. The Balaban J connectivity index is 2.78. The van der Waals surface area contributed by atoms with E-state index in [1.165, 1.54) is 10.1 Å². The summed E-state index contributed by atoms with van der Waals surface area (Å²) in [6.07, 6.45) is 0. The zero-order valence-electron chi connectivity index (χ0n) is 8.15. The minimum Gasteiger partial charge on any atom is -0.314 e. The van der Waals surface area contributed by atoms with Gasteiger partial charge in [-0.1, -0.05) is 0 Å². The van der Waals surface area contributed by atoms with Crippen LogP contribution in [0.4, 0.5) is 0 Å². The number of hydroxylamine groups is 4. The van der Waals surface area contributed by atoms with Crippen LogP contribution in [-0.2, 0) is 0 Å². The molecule has 0 saturated carbocycles. The van der Waals surface area contributed by atoms with E-state index in [2.05, 4.69) is 0 Å². The SMILES string of the molecule is C[C@@H]1[C@H](C)N(O)CC(C)(C)N1O. The summed E-state index contributed by atoms with van der Waals surface area (Å²) in [5.41, 5.74) is -0.374. The van der Waals surface area contributed by atoms with Crippen molar-refractivity contribution in [3.63, 3.8) is 0 Å². The molecule has 1 aliphatic heterocycles. The summed E-state index contributed by atoms with van der Waals surface area (Å²) in [6.45, 7) is 8.06. The maximum absolute atomic E-state index is 9.69. The summed E-state index contributed by atoms with van der Waals surface area (Å²) in [5, 5.41) is 21.8. The fraction of sp³-hybridized carbons (Fsp3) is 1.00. The number of nitrogens with zero attached hydrogens (tertiary/aromatic N) is 2. The lowest BCUT2D eigenvalue weighted by atomic mass is 9.96. The molecule has 1 saturated heterocycles. The molecule has 0 bridgehead atoms. The predicted octanol–water partition coefficient (Wildman–Crippen LogP) is 0.938. The second kappa shape index (κ2) is 2.96. The Bertz CT molecular complexity index is 172. The Hall–Kier alpha value is -0.160. The van der Waals surface area contributed by atoms with Crippen molar-refractivity contribution < 1.29 is 10.4 Å². The molecule has 1 rings (SSSR count). The first-order valence-electron chi connectivity index (χ1n) is 4.30. The van der Waals surface area contributed by atoms with Gasteiger partial charge in [-0.25, -0.2) is 0 Å². The summed E-state index contributed by atoms with van der Waals surface area (Å²) < 4.78 is 0. The maximum atomic E-state index is 9.69. The molecular weight excluding hydrogens is 156 g/mol. The summed E-state index contributed by atoms with van der Waals surface area (Å²) in [4.78, 5) is 0. The molecule has 4 heteroatoms. The average molecular weight is 174 g/mol. The van der Waals surface area contributed by atoms with E-state index in [-0.39, 0.29) is 17.6 Å². The van der Waals surface area contributed by atoms with Crippen LogP contribution in [0.15, 0.2) is 0 Å². The van der Waals surface area contributed by atoms with E-state index in [9.17, 15) is 10.4 Å². The van der Waals surface area contributed by atoms with Gasteiger partial charge in [0.1, 0.15) is 0 Å². The average Bonchev–Trinajstić information content (AvgIpc) is 1.97. The Labute approximate surface area is 73.3 Å². The largest absolute Gasteiger partial charge is 0.314 e. The van der Waals surface area contributed by atoms with E-state index in [1.54, 1.807) is 0 Å². The first-order chi connectivity index (χ1) is 5.36. The highest BCUT2D eigenvalue weighted by atomic mass is 16.5. The number of hydrogen-bond donors (Lipinski definition) is 2. The van der Waals surface area contributed by atoms with E-state index >= 15 is 0 Å². The van der Waals surface area contributed by atoms with Crippen molar-refractivity contribution in [3.05, 3.63) is 0 Å². The van der Waals surface area contributed by atoms with Crippen molar-refractivity contribution in [2.45, 2.75) is 45.3 Å². The molecule has 2 atom stereocenters. The third-order valence-corrected chi connectivity index (χ3v) is 2.72. The lowest BCUT2D eigenvalue weighted by Crippen LogP contribution is -2.64. The van der Waals surface area contributed by atoms with Crippen LogP contribution >= 0.6 is 0 Å². The van der Waals surface area contributed by atoms with Crippen molar-refractivity contribution in [3.8, 4) is 0 Å². The third kappa shape index (κ3) is 1.47. The molecule has 72 valence electrons. The molecule has 0 aromatic heterocycles. The molecule has 1 aliphatic rings. The van der Waals surface area contributed by atoms with Gasteiger partial charge in [0.15, 0.2) is 0 Å². The molecule has 4 nitrogen and oxygen atoms in total. The second-order valence-electron chi connectivity index (χ2n) is 4.24. The molecule has 0 aromatic carbocycles. The molecule has 0 aromatic rings. The van der Waals surface area contributed by atoms with Gasteiger partial charge in [-0.05, 0) is 27.7 Å². The molecular formula is C8H18N2O2. The summed E-state index contributed by atoms with van der Waals surface area (Å²) >= 11 is 0. The molecule has 1 fully saturated rings. The lowest BCUT2D eigenvalue weighted by Gasteiger charge is -2.48. The van der Waals surface area contributed by atoms with Gasteiger partial charge in [-0.15, -0.1) is 0 Å². The van der Waals surface area contributed by atoms with Crippen molar-refractivity contribution in [1.82, 2.24) is 10.1 Å². The summed E-state index contributed by atoms with van der Waals surface area (Å²) in [6, 6.07) is -0.0678. The Morgan fingerprint density at radius 1 is 1.17 bits per heavy atom. The van der Waals surface area contributed by atoms with E-state index in [0.29, 0.717) is 6.54 Å². The van der Waals surface area contributed by atoms with Crippen molar-refractivity contribution in [2.24, 2.45) is 0 Å². The van der Waals surface area contributed by atoms with Gasteiger partial charge in [-0.3, -0.25) is 0 Å². The van der Waals surface area contributed by atoms with Crippen LogP contribution in [0.25, 0.3) is 0 Å². The minimum absolute atomic E-state index is 0.0250. The van der Waals surface area contributed by atoms with Gasteiger partial charge in [-0.2, -0.15) is 10.1 Å². The van der Waals surface area contributed by atoms with Gasteiger partial charge in [0.2, 0.25) is 0 Å². The van der Waals surface area contributed by atoms with E-state index < -0.39 is 0 Å². The summed E-state index contributed by atoms with van der Waals surface area (Å²) in [5.74, 6) is 0. The lowest BCUT2D eigenvalue weighted by molar-refractivity contribution is -0.284. The molecule has 0 aliphatic carbocycles. The highest BCUT2D eigenvalue weighted by Gasteiger charge is 2.41. The van der Waals surface area contributed by atoms with Crippen LogP contribution < -0.4 is 0 Å². The van der Waals surface area contributed by atoms with Crippen LogP contribution in [0.1, 0.15) is 27.7 Å². The van der Waals surface area contributed by atoms with Gasteiger partial charge in [0, 0.05) is 12.6 Å². The van der Waals surface area contributed by atoms with Crippen LogP contribution in [0, 0.1) is 0 Å². The second-order valence-corrected chi connectivity index (χ2v) is 4.24. The van der Waals surface area contributed by atoms with Crippen LogP contribution in [-0.4, -0.2) is 44.7 Å². The normalized spacial score (nSPS) is 38.5. The zero-order chi connectivity index (χ0) is 9.52. The first-order valence-corrected chi connectivity index (χ1v) is 4.30. The van der Waals surface area contributed by atoms with E-state index in [1.807, 2.05) is 27.7 Å². The van der Waals surface area contributed by atoms with Crippen LogP contribution in [0.2, 0.25) is 0 Å². The van der Waals surface area contributed by atoms with Crippen molar-refractivity contribution in [2.75, 3.05) is 6.54 Å². The summed E-state index contributed by atoms with van der Waals surface area (Å²) in [7, 11) is 0. The smallest absolute Gasteiger partial charge is 0.0558 e. The van der Waals surface area contributed by atoms with E-state index in [4.69, 9.17) is 0 Å². The van der Waals surface area contributed by atoms with Gasteiger partial charge >= 0.3 is 0 Å².